The summed E-state index contributed by atoms with van der Waals surface area (Å²) in [5, 5.41) is 8.66. The monoisotopic (exact) mass is 422 g/mol. The molecule has 0 heterocycles. The summed E-state index contributed by atoms with van der Waals surface area (Å²) in [6, 6.07) is 3.84. The maximum atomic E-state index is 12.7. The molecule has 0 bridgehead atoms. The molecule has 0 spiro atoms. The number of hydrogen-bond donors (Lipinski definition) is 1. The van der Waals surface area contributed by atoms with E-state index in [1.807, 2.05) is 0 Å². The van der Waals surface area contributed by atoms with Crippen LogP contribution in [-0.4, -0.2) is 15.9 Å². The van der Waals surface area contributed by atoms with Crippen LogP contribution in [-0.2, 0) is 17.4 Å². The SMILES string of the molecule is O=C(O)C(Br)Cc1ccc(I)cc1C(F)(F)F. The van der Waals surface area contributed by atoms with Crippen molar-refractivity contribution < 1.29 is 23.1 Å². The van der Waals surface area contributed by atoms with Crippen molar-refractivity contribution in [3.05, 3.63) is 32.9 Å². The molecule has 1 rings (SSSR count). The van der Waals surface area contributed by atoms with Crippen molar-refractivity contribution in [3.63, 3.8) is 0 Å². The van der Waals surface area contributed by atoms with E-state index in [9.17, 15) is 18.0 Å². The fourth-order valence-electron chi connectivity index (χ4n) is 1.27. The van der Waals surface area contributed by atoms with Crippen molar-refractivity contribution in [1.82, 2.24) is 0 Å². The van der Waals surface area contributed by atoms with Gasteiger partial charge in [-0.3, -0.25) is 4.79 Å². The average Bonchev–Trinajstić information content (AvgIpc) is 2.18. The fraction of sp³-hybridized carbons (Fsp3) is 0.300. The molecule has 1 aromatic carbocycles. The minimum absolute atomic E-state index is 0.0257. The van der Waals surface area contributed by atoms with E-state index >= 15 is 0 Å². The Kier molecular flexibility index (Phi) is 4.82. The number of carbonyl (C=O) groups is 1. The predicted molar refractivity (Wildman–Crippen MR) is 68.2 cm³/mol. The van der Waals surface area contributed by atoms with Crippen molar-refractivity contribution in [2.24, 2.45) is 0 Å². The molecule has 2 nitrogen and oxygen atoms in total. The van der Waals surface area contributed by atoms with Gasteiger partial charge in [0.25, 0.3) is 0 Å². The van der Waals surface area contributed by atoms with Crippen molar-refractivity contribution in [1.29, 1.82) is 0 Å². The molecule has 1 atom stereocenters. The van der Waals surface area contributed by atoms with Gasteiger partial charge >= 0.3 is 12.1 Å². The summed E-state index contributed by atoms with van der Waals surface area (Å²) < 4.78 is 38.6. The molecule has 0 aliphatic carbocycles. The Hall–Kier alpha value is -0.310. The molecule has 1 unspecified atom stereocenters. The van der Waals surface area contributed by atoms with E-state index in [0.717, 1.165) is 6.07 Å². The van der Waals surface area contributed by atoms with E-state index in [1.165, 1.54) is 12.1 Å². The Morgan fingerprint density at radius 2 is 2.06 bits per heavy atom. The summed E-state index contributed by atoms with van der Waals surface area (Å²) in [4.78, 5) is 9.58. The van der Waals surface area contributed by atoms with Gasteiger partial charge in [-0.05, 0) is 46.7 Å². The highest BCUT2D eigenvalue weighted by atomic mass is 127. The lowest BCUT2D eigenvalue weighted by Gasteiger charge is -2.14. The van der Waals surface area contributed by atoms with E-state index in [4.69, 9.17) is 5.11 Å². The third kappa shape index (κ3) is 4.13. The van der Waals surface area contributed by atoms with Crippen LogP contribution in [0.2, 0.25) is 0 Å². The van der Waals surface area contributed by atoms with E-state index < -0.39 is 22.5 Å². The fourth-order valence-corrected chi connectivity index (χ4v) is 2.11. The van der Waals surface area contributed by atoms with E-state index in [0.29, 0.717) is 3.57 Å². The van der Waals surface area contributed by atoms with Gasteiger partial charge in [0.15, 0.2) is 0 Å². The molecular formula is C10H7BrF3IO2. The summed E-state index contributed by atoms with van der Waals surface area (Å²) >= 11 is 4.61. The van der Waals surface area contributed by atoms with Crippen molar-refractivity contribution >= 4 is 44.5 Å². The highest BCUT2D eigenvalue weighted by Gasteiger charge is 2.34. The Bertz CT molecular complexity index is 434. The smallest absolute Gasteiger partial charge is 0.416 e. The molecule has 1 N–H and O–H groups in total. The summed E-state index contributed by atoms with van der Waals surface area (Å²) in [5.41, 5.74) is -0.808. The highest BCUT2D eigenvalue weighted by Crippen LogP contribution is 2.34. The van der Waals surface area contributed by atoms with Gasteiger partial charge in [0.2, 0.25) is 0 Å². The van der Waals surface area contributed by atoms with Crippen LogP contribution < -0.4 is 0 Å². The number of carboxylic acids is 1. The van der Waals surface area contributed by atoms with Gasteiger partial charge < -0.3 is 5.11 Å². The van der Waals surface area contributed by atoms with Crippen molar-refractivity contribution in [3.8, 4) is 0 Å². The number of hydrogen-bond acceptors (Lipinski definition) is 1. The molecule has 0 fully saturated rings. The third-order valence-corrected chi connectivity index (χ3v) is 3.43. The number of rotatable bonds is 3. The van der Waals surface area contributed by atoms with Gasteiger partial charge in [0, 0.05) is 3.57 Å². The number of alkyl halides is 4. The normalized spacial score (nSPS) is 13.5. The molecule has 1 aromatic rings. The van der Waals surface area contributed by atoms with Crippen LogP contribution in [0.5, 0.6) is 0 Å². The molecule has 17 heavy (non-hydrogen) atoms. The van der Waals surface area contributed by atoms with Crippen molar-refractivity contribution in [2.75, 3.05) is 0 Å². The number of halogens is 5. The van der Waals surface area contributed by atoms with Crippen LogP contribution in [0.3, 0.4) is 0 Å². The van der Waals surface area contributed by atoms with Gasteiger partial charge in [0.05, 0.1) is 5.56 Å². The Labute approximate surface area is 117 Å². The van der Waals surface area contributed by atoms with Crippen LogP contribution in [0.1, 0.15) is 11.1 Å². The molecule has 0 amide bonds. The van der Waals surface area contributed by atoms with Gasteiger partial charge in [-0.25, -0.2) is 0 Å². The molecular weight excluding hydrogens is 416 g/mol. The maximum Gasteiger partial charge on any atom is 0.416 e. The van der Waals surface area contributed by atoms with Gasteiger partial charge in [-0.1, -0.05) is 22.0 Å². The van der Waals surface area contributed by atoms with Crippen LogP contribution in [0, 0.1) is 3.57 Å². The Balaban J connectivity index is 3.11. The first-order valence-corrected chi connectivity index (χ1v) is 6.43. The van der Waals surface area contributed by atoms with Gasteiger partial charge in [0.1, 0.15) is 4.83 Å². The second-order valence-corrected chi connectivity index (χ2v) is 5.66. The topological polar surface area (TPSA) is 37.3 Å². The zero-order valence-corrected chi connectivity index (χ0v) is 12.0. The molecule has 7 heteroatoms. The molecule has 0 aliphatic heterocycles. The molecule has 0 saturated carbocycles. The van der Waals surface area contributed by atoms with Crippen LogP contribution >= 0.6 is 38.5 Å². The number of aliphatic carboxylic acids is 1. The first-order chi connectivity index (χ1) is 7.71. The highest BCUT2D eigenvalue weighted by molar-refractivity contribution is 14.1. The maximum absolute atomic E-state index is 12.7. The summed E-state index contributed by atoms with van der Waals surface area (Å²) in [6.45, 7) is 0. The van der Waals surface area contributed by atoms with Gasteiger partial charge in [-0.15, -0.1) is 0 Å². The van der Waals surface area contributed by atoms with Gasteiger partial charge in [-0.2, -0.15) is 13.2 Å². The average molecular weight is 423 g/mol. The number of benzene rings is 1. The lowest BCUT2D eigenvalue weighted by molar-refractivity contribution is -0.139. The van der Waals surface area contributed by atoms with Crippen LogP contribution in [0.4, 0.5) is 13.2 Å². The lowest BCUT2D eigenvalue weighted by Crippen LogP contribution is -2.18. The predicted octanol–water partition coefficient (Wildman–Crippen LogP) is 3.70. The first-order valence-electron chi connectivity index (χ1n) is 4.44. The Morgan fingerprint density at radius 3 is 2.53 bits per heavy atom. The van der Waals surface area contributed by atoms with Crippen LogP contribution in [0.15, 0.2) is 18.2 Å². The van der Waals surface area contributed by atoms with E-state index in [1.54, 1.807) is 22.6 Å². The van der Waals surface area contributed by atoms with E-state index in [2.05, 4.69) is 15.9 Å². The summed E-state index contributed by atoms with van der Waals surface area (Å²) in [5.74, 6) is -1.18. The third-order valence-electron chi connectivity index (χ3n) is 2.04. The van der Waals surface area contributed by atoms with E-state index in [-0.39, 0.29) is 12.0 Å². The molecule has 94 valence electrons. The largest absolute Gasteiger partial charge is 0.480 e. The second kappa shape index (κ2) is 5.55. The minimum atomic E-state index is -4.47. The lowest BCUT2D eigenvalue weighted by atomic mass is 10.0. The standard InChI is InChI=1S/C10H7BrF3IO2/c11-8(9(16)17)3-5-1-2-6(15)4-7(5)10(12,13)14/h1-2,4,8H,3H2,(H,16,17). The molecule has 0 radical (unpaired) electrons. The zero-order chi connectivity index (χ0) is 13.2. The second-order valence-electron chi connectivity index (χ2n) is 3.31. The zero-order valence-electron chi connectivity index (χ0n) is 8.26. The molecule has 0 aromatic heterocycles. The van der Waals surface area contributed by atoms with Crippen molar-refractivity contribution in [2.45, 2.75) is 17.4 Å². The molecule has 0 saturated heterocycles. The summed E-state index contributed by atoms with van der Waals surface area (Å²) in [7, 11) is 0. The quantitative estimate of drug-likeness (QED) is 0.595. The number of carboxylic acid groups (broad SMARTS) is 1. The minimum Gasteiger partial charge on any atom is -0.480 e. The van der Waals surface area contributed by atoms with Crippen LogP contribution in [0.25, 0.3) is 0 Å². The summed E-state index contributed by atoms with van der Waals surface area (Å²) in [6.07, 6.45) is -4.68. The Morgan fingerprint density at radius 1 is 1.47 bits per heavy atom. The molecule has 0 aliphatic rings. The first kappa shape index (κ1) is 14.7.